The van der Waals surface area contributed by atoms with E-state index in [2.05, 4.69) is 6.92 Å². The van der Waals surface area contributed by atoms with E-state index in [0.717, 1.165) is 12.8 Å². The smallest absolute Gasteiger partial charge is 0.303 e. The molecule has 168 valence electrons. The molecule has 5 aliphatic rings. The van der Waals surface area contributed by atoms with Crippen LogP contribution in [0, 0.1) is 33.5 Å². The fraction of sp³-hybridized carbons (Fsp3) is 0.750. The summed E-state index contributed by atoms with van der Waals surface area (Å²) in [5, 5.41) is 11.6. The largest absolute Gasteiger partial charge is 0.464 e. The molecule has 0 radical (unpaired) electrons. The third kappa shape index (κ3) is 2.05. The van der Waals surface area contributed by atoms with Gasteiger partial charge in [-0.25, -0.2) is 0 Å². The number of ether oxygens (including phenoxy) is 2. The molecule has 0 aliphatic heterocycles. The van der Waals surface area contributed by atoms with Crippen LogP contribution in [0.15, 0.2) is 12.2 Å². The zero-order valence-corrected chi connectivity index (χ0v) is 18.3. The first-order valence-electron chi connectivity index (χ1n) is 11.2. The predicted octanol–water partition coefficient (Wildman–Crippen LogP) is 2.14. The van der Waals surface area contributed by atoms with Crippen molar-refractivity contribution in [2.24, 2.45) is 33.5 Å². The van der Waals surface area contributed by atoms with Crippen LogP contribution in [0.3, 0.4) is 0 Å². The van der Waals surface area contributed by atoms with Crippen molar-refractivity contribution in [3.05, 3.63) is 12.2 Å². The number of Topliss-reactive ketones (excluding diaryl/α,β-unsaturated/α-hetero) is 1. The SMILES string of the molecule is CC(=O)OCC(=O)[C@@]1(O)CC[C@H]2[C@@H]3CCC45CC(=O)C=C[C@]4(C)C35C(OC=O)C[C@@]21C. The minimum Gasteiger partial charge on any atom is -0.464 e. The van der Waals surface area contributed by atoms with Gasteiger partial charge in [0.25, 0.3) is 6.47 Å². The van der Waals surface area contributed by atoms with E-state index >= 15 is 0 Å². The highest BCUT2D eigenvalue weighted by Crippen LogP contribution is 2.94. The first-order chi connectivity index (χ1) is 14.5. The van der Waals surface area contributed by atoms with Gasteiger partial charge in [-0.15, -0.1) is 0 Å². The molecule has 0 aromatic heterocycles. The second kappa shape index (κ2) is 6.06. The van der Waals surface area contributed by atoms with Crippen molar-refractivity contribution in [3.8, 4) is 0 Å². The van der Waals surface area contributed by atoms with Gasteiger partial charge in [-0.1, -0.05) is 19.9 Å². The van der Waals surface area contributed by atoms with Gasteiger partial charge >= 0.3 is 5.97 Å². The van der Waals surface area contributed by atoms with E-state index in [1.54, 1.807) is 6.08 Å². The molecule has 1 N–H and O–H groups in total. The fourth-order valence-corrected chi connectivity index (χ4v) is 9.29. The summed E-state index contributed by atoms with van der Waals surface area (Å²) in [5.41, 5.74) is -3.21. The second-order valence-electron chi connectivity index (χ2n) is 10.8. The van der Waals surface area contributed by atoms with Crippen LogP contribution in [0.1, 0.15) is 59.3 Å². The Morgan fingerprint density at radius 1 is 1.23 bits per heavy atom. The summed E-state index contributed by atoms with van der Waals surface area (Å²) in [5.74, 6) is -0.725. The first kappa shape index (κ1) is 20.9. The van der Waals surface area contributed by atoms with Gasteiger partial charge in [-0.2, -0.15) is 0 Å². The van der Waals surface area contributed by atoms with Gasteiger partial charge in [0.15, 0.2) is 12.4 Å². The van der Waals surface area contributed by atoms with Crippen molar-refractivity contribution in [2.45, 2.75) is 71.0 Å². The normalized spacial score (nSPS) is 51.2. The van der Waals surface area contributed by atoms with Gasteiger partial charge in [-0.05, 0) is 55.4 Å². The monoisotopic (exact) mass is 430 g/mol. The maximum Gasteiger partial charge on any atom is 0.303 e. The first-order valence-corrected chi connectivity index (χ1v) is 11.2. The molecule has 0 saturated heterocycles. The zero-order valence-electron chi connectivity index (χ0n) is 18.3. The van der Waals surface area contributed by atoms with Crippen molar-refractivity contribution in [2.75, 3.05) is 6.61 Å². The van der Waals surface area contributed by atoms with Crippen LogP contribution in [-0.4, -0.2) is 47.4 Å². The molecule has 0 heterocycles. The van der Waals surface area contributed by atoms with Crippen molar-refractivity contribution in [1.82, 2.24) is 0 Å². The standard InChI is InChI=1S/C24H30O7/c1-14(26)30-12-18(28)23(29)9-6-16-17-5-8-22-10-15(27)4-7-21(22,3)24(17,22)19(31-13-25)11-20(16,23)2/h4,7,13,16-17,19,29H,5-6,8-12H2,1-3H3/t16-,17-,19?,20-,21-,22?,23-,24?/m0/s1. The lowest BCUT2D eigenvalue weighted by Gasteiger charge is -2.54. The molecular weight excluding hydrogens is 400 g/mol. The molecular formula is C24H30O7. The van der Waals surface area contributed by atoms with Crippen molar-refractivity contribution in [1.29, 1.82) is 0 Å². The minimum atomic E-state index is -1.64. The summed E-state index contributed by atoms with van der Waals surface area (Å²) < 4.78 is 10.7. The number of hydrogen-bond acceptors (Lipinski definition) is 7. The predicted molar refractivity (Wildman–Crippen MR) is 107 cm³/mol. The number of esters is 1. The summed E-state index contributed by atoms with van der Waals surface area (Å²) in [7, 11) is 0. The Morgan fingerprint density at radius 3 is 2.61 bits per heavy atom. The van der Waals surface area contributed by atoms with E-state index in [0.29, 0.717) is 32.2 Å². The zero-order chi connectivity index (χ0) is 22.4. The summed E-state index contributed by atoms with van der Waals surface area (Å²) in [6.45, 7) is 5.35. The fourth-order valence-electron chi connectivity index (χ4n) is 9.29. The van der Waals surface area contributed by atoms with Crippen LogP contribution in [0.4, 0.5) is 0 Å². The van der Waals surface area contributed by atoms with E-state index in [-0.39, 0.29) is 33.9 Å². The molecule has 4 fully saturated rings. The Kier molecular flexibility index (Phi) is 4.08. The lowest BCUT2D eigenvalue weighted by Crippen LogP contribution is -2.60. The van der Waals surface area contributed by atoms with Gasteiger partial charge in [0.2, 0.25) is 5.78 Å². The number of carbonyl (C=O) groups excluding carboxylic acids is 4. The summed E-state index contributed by atoms with van der Waals surface area (Å²) >= 11 is 0. The average molecular weight is 430 g/mol. The molecule has 3 unspecified atom stereocenters. The molecule has 7 heteroatoms. The molecule has 5 rings (SSSR count). The van der Waals surface area contributed by atoms with Crippen molar-refractivity contribution < 1.29 is 33.8 Å². The van der Waals surface area contributed by atoms with Crippen LogP contribution < -0.4 is 0 Å². The third-order valence-electron chi connectivity index (χ3n) is 10.4. The quantitative estimate of drug-likeness (QED) is 0.526. The molecule has 5 aliphatic carbocycles. The van der Waals surface area contributed by atoms with Crippen molar-refractivity contribution in [3.63, 3.8) is 0 Å². The topological polar surface area (TPSA) is 107 Å². The maximum absolute atomic E-state index is 13.0. The lowest BCUT2D eigenvalue weighted by atomic mass is 9.52. The molecule has 0 aromatic rings. The summed E-state index contributed by atoms with van der Waals surface area (Å²) in [6, 6.07) is 0. The molecule has 0 aromatic carbocycles. The molecule has 4 saturated carbocycles. The van der Waals surface area contributed by atoms with Gasteiger partial charge in [0, 0.05) is 29.6 Å². The summed E-state index contributed by atoms with van der Waals surface area (Å²) in [4.78, 5) is 48.2. The van der Waals surface area contributed by atoms with E-state index in [4.69, 9.17) is 9.47 Å². The number of hydrogen-bond donors (Lipinski definition) is 1. The third-order valence-corrected chi connectivity index (χ3v) is 10.4. The van der Waals surface area contributed by atoms with Crippen LogP contribution in [0.25, 0.3) is 0 Å². The summed E-state index contributed by atoms with van der Waals surface area (Å²) in [6.07, 6.45) is 6.81. The molecule has 31 heavy (non-hydrogen) atoms. The number of ketones is 2. The molecule has 0 bridgehead atoms. The Labute approximate surface area is 181 Å². The maximum atomic E-state index is 13.0. The Hall–Kier alpha value is -2.02. The van der Waals surface area contributed by atoms with E-state index in [1.165, 1.54) is 6.92 Å². The Bertz CT molecular complexity index is 925. The van der Waals surface area contributed by atoms with Crippen LogP contribution in [-0.2, 0) is 28.7 Å². The van der Waals surface area contributed by atoms with Gasteiger partial charge < -0.3 is 14.6 Å². The molecule has 8 atom stereocenters. The second-order valence-corrected chi connectivity index (χ2v) is 10.8. The van der Waals surface area contributed by atoms with Crippen LogP contribution in [0.5, 0.6) is 0 Å². The van der Waals surface area contributed by atoms with Gasteiger partial charge in [0.1, 0.15) is 11.7 Å². The molecule has 7 nitrogen and oxygen atoms in total. The number of aliphatic hydroxyl groups is 1. The lowest BCUT2D eigenvalue weighted by molar-refractivity contribution is -0.185. The highest BCUT2D eigenvalue weighted by molar-refractivity contribution is 5.93. The number of fused-ring (bicyclic) bond motifs is 2. The number of rotatable bonds is 5. The van der Waals surface area contributed by atoms with Crippen LogP contribution in [0.2, 0.25) is 0 Å². The highest BCUT2D eigenvalue weighted by atomic mass is 16.5. The molecule has 2 spiro atoms. The van der Waals surface area contributed by atoms with E-state index in [9.17, 15) is 24.3 Å². The highest BCUT2D eigenvalue weighted by Gasteiger charge is 2.93. The Morgan fingerprint density at radius 2 is 1.94 bits per heavy atom. The van der Waals surface area contributed by atoms with Crippen LogP contribution >= 0.6 is 0 Å². The van der Waals surface area contributed by atoms with Crippen molar-refractivity contribution >= 4 is 24.0 Å². The van der Waals surface area contributed by atoms with Gasteiger partial charge in [-0.3, -0.25) is 19.2 Å². The van der Waals surface area contributed by atoms with E-state index in [1.807, 2.05) is 13.0 Å². The number of carbonyl (C=O) groups is 4. The average Bonchev–Trinajstić information content (AvgIpc) is 2.92. The number of allylic oxidation sites excluding steroid dienone is 2. The minimum absolute atomic E-state index is 0.0654. The van der Waals surface area contributed by atoms with E-state index < -0.39 is 35.5 Å². The molecule has 0 amide bonds. The van der Waals surface area contributed by atoms with Gasteiger partial charge in [0.05, 0.1) is 0 Å². The Balaban J connectivity index is 1.56.